The summed E-state index contributed by atoms with van der Waals surface area (Å²) in [5, 5.41) is 10.2. The van der Waals surface area contributed by atoms with Crippen LogP contribution in [0.3, 0.4) is 0 Å². The molecule has 1 aromatic heterocycles. The molecule has 4 heteroatoms. The molecule has 0 saturated carbocycles. The van der Waals surface area contributed by atoms with Crippen molar-refractivity contribution in [3.8, 4) is 5.75 Å². The number of aliphatic hydroxyl groups is 1. The van der Waals surface area contributed by atoms with E-state index in [0.29, 0.717) is 6.61 Å². The number of nitrogens with zero attached hydrogens (tertiary/aromatic N) is 1. The third kappa shape index (κ3) is 3.68. The second kappa shape index (κ2) is 6.20. The number of hydrogen-bond donors (Lipinski definition) is 2. The minimum absolute atomic E-state index is 0.0119. The van der Waals surface area contributed by atoms with Crippen LogP contribution in [0.15, 0.2) is 30.3 Å². The Morgan fingerprint density at radius 3 is 2.85 bits per heavy atom. The van der Waals surface area contributed by atoms with Gasteiger partial charge in [-0.1, -0.05) is 18.2 Å². The molecule has 1 aromatic carbocycles. The number of rotatable bonds is 6. The van der Waals surface area contributed by atoms with Gasteiger partial charge in [-0.2, -0.15) is 0 Å². The molecule has 0 fully saturated rings. The number of ether oxygens (including phenoxy) is 1. The van der Waals surface area contributed by atoms with Gasteiger partial charge in [-0.3, -0.25) is 0 Å². The van der Waals surface area contributed by atoms with E-state index in [2.05, 4.69) is 4.98 Å². The van der Waals surface area contributed by atoms with Gasteiger partial charge in [0.2, 0.25) is 0 Å². The molecule has 0 bridgehead atoms. The van der Waals surface area contributed by atoms with E-state index >= 15 is 0 Å². The van der Waals surface area contributed by atoms with Crippen molar-refractivity contribution in [2.75, 3.05) is 13.2 Å². The molecule has 4 nitrogen and oxygen atoms in total. The molecule has 0 saturated heterocycles. The van der Waals surface area contributed by atoms with E-state index < -0.39 is 5.54 Å². The van der Waals surface area contributed by atoms with Gasteiger partial charge in [0.1, 0.15) is 11.3 Å². The zero-order valence-electron chi connectivity index (χ0n) is 12.1. The Morgan fingerprint density at radius 2 is 2.10 bits per heavy atom. The zero-order valence-corrected chi connectivity index (χ0v) is 12.1. The van der Waals surface area contributed by atoms with E-state index in [4.69, 9.17) is 15.6 Å². The SMILES string of the molecule is Cc1ccc2cccc(OCCCC(C)(N)CO)c2n1. The van der Waals surface area contributed by atoms with Crippen LogP contribution in [0.5, 0.6) is 5.75 Å². The number of aliphatic hydroxyl groups excluding tert-OH is 1. The predicted octanol–water partition coefficient (Wildman–Crippen LogP) is 2.41. The molecule has 2 rings (SSSR count). The highest BCUT2D eigenvalue weighted by Gasteiger charge is 2.16. The quantitative estimate of drug-likeness (QED) is 0.794. The maximum atomic E-state index is 9.11. The first-order valence-electron chi connectivity index (χ1n) is 6.91. The molecule has 0 spiro atoms. The summed E-state index contributed by atoms with van der Waals surface area (Å²) in [4.78, 5) is 4.53. The van der Waals surface area contributed by atoms with Gasteiger partial charge >= 0.3 is 0 Å². The fourth-order valence-electron chi connectivity index (χ4n) is 2.07. The number of benzene rings is 1. The molecule has 0 aliphatic heterocycles. The van der Waals surface area contributed by atoms with Crippen molar-refractivity contribution >= 4 is 10.9 Å². The topological polar surface area (TPSA) is 68.4 Å². The number of pyridine rings is 1. The van der Waals surface area contributed by atoms with Crippen molar-refractivity contribution in [2.24, 2.45) is 5.73 Å². The van der Waals surface area contributed by atoms with Gasteiger partial charge in [0.25, 0.3) is 0 Å². The first-order valence-corrected chi connectivity index (χ1v) is 6.91. The lowest BCUT2D eigenvalue weighted by Crippen LogP contribution is -2.40. The highest BCUT2D eigenvalue weighted by Crippen LogP contribution is 2.24. The maximum Gasteiger partial charge on any atom is 0.145 e. The molecule has 108 valence electrons. The fraction of sp³-hybridized carbons (Fsp3) is 0.438. The number of aryl methyl sites for hydroxylation is 1. The Kier molecular flexibility index (Phi) is 4.57. The van der Waals surface area contributed by atoms with Crippen LogP contribution >= 0.6 is 0 Å². The van der Waals surface area contributed by atoms with Gasteiger partial charge in [-0.15, -0.1) is 0 Å². The molecule has 20 heavy (non-hydrogen) atoms. The summed E-state index contributed by atoms with van der Waals surface area (Å²) in [7, 11) is 0. The molecular weight excluding hydrogens is 252 g/mol. The highest BCUT2D eigenvalue weighted by molar-refractivity contribution is 5.84. The predicted molar refractivity (Wildman–Crippen MR) is 80.9 cm³/mol. The van der Waals surface area contributed by atoms with E-state index in [1.165, 1.54) is 0 Å². The van der Waals surface area contributed by atoms with Gasteiger partial charge in [-0.05, 0) is 38.8 Å². The largest absolute Gasteiger partial charge is 0.491 e. The smallest absolute Gasteiger partial charge is 0.145 e. The number of aromatic nitrogens is 1. The van der Waals surface area contributed by atoms with Crippen LogP contribution in [0, 0.1) is 6.92 Å². The molecule has 0 aliphatic rings. The Bertz CT molecular complexity index is 582. The van der Waals surface area contributed by atoms with Crippen LogP contribution < -0.4 is 10.5 Å². The molecular formula is C16H22N2O2. The summed E-state index contributed by atoms with van der Waals surface area (Å²) in [6.07, 6.45) is 1.52. The van der Waals surface area contributed by atoms with Crippen LogP contribution in [0.1, 0.15) is 25.5 Å². The van der Waals surface area contributed by atoms with Crippen LogP contribution in [0.4, 0.5) is 0 Å². The molecule has 0 aliphatic carbocycles. The van der Waals surface area contributed by atoms with E-state index in [1.54, 1.807) is 0 Å². The van der Waals surface area contributed by atoms with Gasteiger partial charge in [0.05, 0.1) is 13.2 Å². The standard InChI is InChI=1S/C16H22N2O2/c1-12-7-8-13-5-3-6-14(15(13)18-12)20-10-4-9-16(2,17)11-19/h3,5-8,19H,4,9-11,17H2,1-2H3. The second-order valence-corrected chi connectivity index (χ2v) is 5.54. The lowest BCUT2D eigenvalue weighted by atomic mass is 9.99. The normalized spacial score (nSPS) is 14.2. The molecule has 1 atom stereocenters. The molecule has 3 N–H and O–H groups in total. The summed E-state index contributed by atoms with van der Waals surface area (Å²) in [5.41, 5.74) is 7.23. The van der Waals surface area contributed by atoms with Crippen LogP contribution in [-0.4, -0.2) is 28.8 Å². The van der Waals surface area contributed by atoms with Crippen molar-refractivity contribution < 1.29 is 9.84 Å². The van der Waals surface area contributed by atoms with E-state index in [1.807, 2.05) is 44.2 Å². The Hall–Kier alpha value is -1.65. The second-order valence-electron chi connectivity index (χ2n) is 5.54. The molecule has 0 radical (unpaired) electrons. The van der Waals surface area contributed by atoms with Crippen molar-refractivity contribution in [3.05, 3.63) is 36.0 Å². The van der Waals surface area contributed by atoms with Crippen LogP contribution in [0.25, 0.3) is 10.9 Å². The first kappa shape index (κ1) is 14.8. The molecule has 1 heterocycles. The Labute approximate surface area is 119 Å². The number of hydrogen-bond acceptors (Lipinski definition) is 4. The van der Waals surface area contributed by atoms with Crippen LogP contribution in [0.2, 0.25) is 0 Å². The fourth-order valence-corrected chi connectivity index (χ4v) is 2.07. The average Bonchev–Trinajstić information content (AvgIpc) is 2.44. The average molecular weight is 274 g/mol. The summed E-state index contributed by atoms with van der Waals surface area (Å²) < 4.78 is 5.81. The summed E-state index contributed by atoms with van der Waals surface area (Å²) in [6.45, 7) is 4.37. The molecule has 1 unspecified atom stereocenters. The molecule has 0 amide bonds. The number of nitrogens with two attached hydrogens (primary N) is 1. The Morgan fingerprint density at radius 1 is 1.30 bits per heavy atom. The maximum absolute atomic E-state index is 9.11. The summed E-state index contributed by atoms with van der Waals surface area (Å²) >= 11 is 0. The first-order chi connectivity index (χ1) is 9.52. The third-order valence-corrected chi connectivity index (χ3v) is 3.33. The van der Waals surface area contributed by atoms with E-state index in [9.17, 15) is 0 Å². The highest BCUT2D eigenvalue weighted by atomic mass is 16.5. The van der Waals surface area contributed by atoms with Gasteiger partial charge < -0.3 is 15.6 Å². The molecule has 2 aromatic rings. The number of fused-ring (bicyclic) bond motifs is 1. The van der Waals surface area contributed by atoms with E-state index in [0.717, 1.165) is 35.2 Å². The summed E-state index contributed by atoms with van der Waals surface area (Å²) in [5.74, 6) is 0.800. The zero-order chi connectivity index (χ0) is 14.6. The van der Waals surface area contributed by atoms with E-state index in [-0.39, 0.29) is 6.61 Å². The van der Waals surface area contributed by atoms with Crippen molar-refractivity contribution in [1.29, 1.82) is 0 Å². The minimum atomic E-state index is -0.531. The Balaban J connectivity index is 2.01. The van der Waals surface area contributed by atoms with Gasteiger partial charge in [0, 0.05) is 16.6 Å². The monoisotopic (exact) mass is 274 g/mol. The third-order valence-electron chi connectivity index (χ3n) is 3.33. The summed E-state index contributed by atoms with van der Waals surface area (Å²) in [6, 6.07) is 9.97. The minimum Gasteiger partial charge on any atom is -0.491 e. The lowest BCUT2D eigenvalue weighted by Gasteiger charge is -2.21. The van der Waals surface area contributed by atoms with Crippen molar-refractivity contribution in [2.45, 2.75) is 32.2 Å². The van der Waals surface area contributed by atoms with Crippen LogP contribution in [-0.2, 0) is 0 Å². The lowest BCUT2D eigenvalue weighted by molar-refractivity contribution is 0.188. The van der Waals surface area contributed by atoms with Gasteiger partial charge in [0.15, 0.2) is 0 Å². The van der Waals surface area contributed by atoms with Gasteiger partial charge in [-0.25, -0.2) is 4.98 Å². The van der Waals surface area contributed by atoms with Crippen molar-refractivity contribution in [3.63, 3.8) is 0 Å². The number of para-hydroxylation sites is 1. The van der Waals surface area contributed by atoms with Crippen molar-refractivity contribution in [1.82, 2.24) is 4.98 Å².